The standard InChI is InChI=1S/C11H8FN3/c12-10-3-1-9(2-4-10)8-15-6-5-14-11(15)7-13/h1-6H,8H2. The molecular formula is C11H8FN3. The van der Waals surface area contributed by atoms with Crippen LogP contribution in [0, 0.1) is 17.1 Å². The summed E-state index contributed by atoms with van der Waals surface area (Å²) in [5, 5.41) is 8.74. The van der Waals surface area contributed by atoms with Gasteiger partial charge in [-0.25, -0.2) is 9.37 Å². The predicted molar refractivity (Wildman–Crippen MR) is 52.4 cm³/mol. The summed E-state index contributed by atoms with van der Waals surface area (Å²) in [5.41, 5.74) is 0.936. The van der Waals surface area contributed by atoms with Crippen molar-refractivity contribution in [3.63, 3.8) is 0 Å². The highest BCUT2D eigenvalue weighted by molar-refractivity contribution is 5.19. The summed E-state index contributed by atoms with van der Waals surface area (Å²) in [7, 11) is 0. The van der Waals surface area contributed by atoms with Gasteiger partial charge in [0, 0.05) is 18.9 Å². The first-order valence-electron chi connectivity index (χ1n) is 4.45. The van der Waals surface area contributed by atoms with Crippen molar-refractivity contribution >= 4 is 0 Å². The molecule has 0 fully saturated rings. The molecule has 0 aliphatic heterocycles. The summed E-state index contributed by atoms with van der Waals surface area (Å²) in [5.74, 6) is 0.101. The molecule has 0 bridgehead atoms. The summed E-state index contributed by atoms with van der Waals surface area (Å²) in [6.45, 7) is 0.531. The van der Waals surface area contributed by atoms with Gasteiger partial charge in [-0.1, -0.05) is 12.1 Å². The molecule has 0 saturated carbocycles. The maximum atomic E-state index is 12.6. The molecule has 0 amide bonds. The van der Waals surface area contributed by atoms with Gasteiger partial charge < -0.3 is 4.57 Å². The molecule has 0 spiro atoms. The number of aromatic nitrogens is 2. The Morgan fingerprint density at radius 3 is 2.73 bits per heavy atom. The molecule has 15 heavy (non-hydrogen) atoms. The van der Waals surface area contributed by atoms with Crippen molar-refractivity contribution < 1.29 is 4.39 Å². The van der Waals surface area contributed by atoms with Crippen LogP contribution in [0.5, 0.6) is 0 Å². The average Bonchev–Trinajstić information content (AvgIpc) is 2.69. The van der Waals surface area contributed by atoms with Gasteiger partial charge in [0.25, 0.3) is 0 Å². The molecule has 1 aromatic carbocycles. The van der Waals surface area contributed by atoms with E-state index in [4.69, 9.17) is 5.26 Å². The van der Waals surface area contributed by atoms with E-state index < -0.39 is 0 Å². The minimum atomic E-state index is -0.259. The van der Waals surface area contributed by atoms with Crippen LogP contribution in [-0.4, -0.2) is 9.55 Å². The van der Waals surface area contributed by atoms with Crippen molar-refractivity contribution in [1.82, 2.24) is 9.55 Å². The van der Waals surface area contributed by atoms with E-state index in [-0.39, 0.29) is 5.82 Å². The Kier molecular flexibility index (Phi) is 2.46. The smallest absolute Gasteiger partial charge is 0.213 e. The van der Waals surface area contributed by atoms with Crippen LogP contribution < -0.4 is 0 Å². The van der Waals surface area contributed by atoms with Crippen molar-refractivity contribution in [2.24, 2.45) is 0 Å². The Morgan fingerprint density at radius 2 is 2.07 bits per heavy atom. The largest absolute Gasteiger partial charge is 0.318 e. The van der Waals surface area contributed by atoms with Crippen LogP contribution in [0.3, 0.4) is 0 Å². The molecule has 0 atom stereocenters. The maximum absolute atomic E-state index is 12.6. The third-order valence-corrected chi connectivity index (χ3v) is 2.08. The topological polar surface area (TPSA) is 41.6 Å². The van der Waals surface area contributed by atoms with E-state index >= 15 is 0 Å². The summed E-state index contributed by atoms with van der Waals surface area (Å²) in [6.07, 6.45) is 3.30. The quantitative estimate of drug-likeness (QED) is 0.745. The van der Waals surface area contributed by atoms with Crippen molar-refractivity contribution in [1.29, 1.82) is 5.26 Å². The first-order chi connectivity index (χ1) is 7.29. The van der Waals surface area contributed by atoms with Gasteiger partial charge in [-0.15, -0.1) is 0 Å². The summed E-state index contributed by atoms with van der Waals surface area (Å²) >= 11 is 0. The number of nitrogens with zero attached hydrogens (tertiary/aromatic N) is 3. The Labute approximate surface area is 86.4 Å². The van der Waals surface area contributed by atoms with E-state index in [9.17, 15) is 4.39 Å². The highest BCUT2D eigenvalue weighted by Gasteiger charge is 2.01. The Bertz CT molecular complexity index is 493. The second kappa shape index (κ2) is 3.93. The minimum Gasteiger partial charge on any atom is -0.318 e. The second-order valence-electron chi connectivity index (χ2n) is 3.12. The van der Waals surface area contributed by atoms with Crippen molar-refractivity contribution in [2.75, 3.05) is 0 Å². The molecule has 0 N–H and O–H groups in total. The monoisotopic (exact) mass is 201 g/mol. The molecular weight excluding hydrogens is 193 g/mol. The molecule has 1 heterocycles. The molecule has 2 rings (SSSR count). The summed E-state index contributed by atoms with van der Waals surface area (Å²) < 4.78 is 14.4. The van der Waals surface area contributed by atoms with Gasteiger partial charge in [-0.05, 0) is 17.7 Å². The molecule has 0 unspecified atom stereocenters. The molecule has 3 nitrogen and oxygen atoms in total. The number of hydrogen-bond donors (Lipinski definition) is 0. The highest BCUT2D eigenvalue weighted by atomic mass is 19.1. The van der Waals surface area contributed by atoms with Crippen LogP contribution in [0.4, 0.5) is 4.39 Å². The van der Waals surface area contributed by atoms with E-state index in [1.165, 1.54) is 12.1 Å². The lowest BCUT2D eigenvalue weighted by Gasteiger charge is -2.03. The van der Waals surface area contributed by atoms with Crippen LogP contribution in [0.15, 0.2) is 36.7 Å². The zero-order chi connectivity index (χ0) is 10.7. The van der Waals surface area contributed by atoms with E-state index in [2.05, 4.69) is 4.98 Å². The van der Waals surface area contributed by atoms with Gasteiger partial charge in [-0.2, -0.15) is 5.26 Å². The molecule has 0 aliphatic rings. The molecule has 0 radical (unpaired) electrons. The predicted octanol–water partition coefficient (Wildman–Crippen LogP) is 1.94. The van der Waals surface area contributed by atoms with Gasteiger partial charge in [0.15, 0.2) is 0 Å². The average molecular weight is 201 g/mol. The van der Waals surface area contributed by atoms with Gasteiger partial charge in [0.05, 0.1) is 0 Å². The highest BCUT2D eigenvalue weighted by Crippen LogP contribution is 2.06. The van der Waals surface area contributed by atoms with E-state index in [0.717, 1.165) is 5.56 Å². The second-order valence-corrected chi connectivity index (χ2v) is 3.12. The normalized spacial score (nSPS) is 9.87. The van der Waals surface area contributed by atoms with Gasteiger partial charge in [0.2, 0.25) is 5.82 Å². The molecule has 1 aromatic heterocycles. The van der Waals surface area contributed by atoms with Crippen LogP contribution in [0.2, 0.25) is 0 Å². The molecule has 0 saturated heterocycles. The molecule has 0 aliphatic carbocycles. The number of rotatable bonds is 2. The van der Waals surface area contributed by atoms with Crippen molar-refractivity contribution in [3.8, 4) is 6.07 Å². The third kappa shape index (κ3) is 2.02. The minimum absolute atomic E-state index is 0.259. The lowest BCUT2D eigenvalue weighted by molar-refractivity contribution is 0.626. The van der Waals surface area contributed by atoms with Crippen LogP contribution in [-0.2, 0) is 6.54 Å². The molecule has 2 aromatic rings. The number of imidazole rings is 1. The van der Waals surface area contributed by atoms with Gasteiger partial charge in [-0.3, -0.25) is 0 Å². The Balaban J connectivity index is 2.23. The fourth-order valence-electron chi connectivity index (χ4n) is 1.34. The van der Waals surface area contributed by atoms with E-state index in [1.807, 2.05) is 6.07 Å². The lowest BCUT2D eigenvalue weighted by Crippen LogP contribution is -2.01. The lowest BCUT2D eigenvalue weighted by atomic mass is 10.2. The van der Waals surface area contributed by atoms with Crippen molar-refractivity contribution in [2.45, 2.75) is 6.54 Å². The number of halogens is 1. The summed E-state index contributed by atoms with van der Waals surface area (Å²) in [4.78, 5) is 3.88. The molecule has 4 heteroatoms. The fraction of sp³-hybridized carbons (Fsp3) is 0.0909. The van der Waals surface area contributed by atoms with Crippen LogP contribution in [0.1, 0.15) is 11.4 Å². The van der Waals surface area contributed by atoms with Crippen LogP contribution >= 0.6 is 0 Å². The summed E-state index contributed by atoms with van der Waals surface area (Å²) in [6, 6.07) is 8.17. The fourth-order valence-corrected chi connectivity index (χ4v) is 1.34. The Morgan fingerprint density at radius 1 is 1.33 bits per heavy atom. The van der Waals surface area contributed by atoms with Crippen molar-refractivity contribution in [3.05, 3.63) is 53.9 Å². The van der Waals surface area contributed by atoms with Gasteiger partial charge >= 0.3 is 0 Å². The third-order valence-electron chi connectivity index (χ3n) is 2.08. The first-order valence-corrected chi connectivity index (χ1v) is 4.45. The maximum Gasteiger partial charge on any atom is 0.213 e. The first kappa shape index (κ1) is 9.41. The molecule has 74 valence electrons. The van der Waals surface area contributed by atoms with Gasteiger partial charge in [0.1, 0.15) is 11.9 Å². The number of nitriles is 1. The number of benzene rings is 1. The zero-order valence-corrected chi connectivity index (χ0v) is 7.89. The Hall–Kier alpha value is -2.15. The number of hydrogen-bond acceptors (Lipinski definition) is 2. The zero-order valence-electron chi connectivity index (χ0n) is 7.89. The SMILES string of the molecule is N#Cc1nccn1Cc1ccc(F)cc1. The van der Waals surface area contributed by atoms with E-state index in [0.29, 0.717) is 12.4 Å². The van der Waals surface area contributed by atoms with E-state index in [1.54, 1.807) is 29.1 Å². The van der Waals surface area contributed by atoms with Crippen LogP contribution in [0.25, 0.3) is 0 Å².